The van der Waals surface area contributed by atoms with E-state index in [-0.39, 0.29) is 31.3 Å². The van der Waals surface area contributed by atoms with Gasteiger partial charge in [-0.25, -0.2) is 0 Å². The lowest BCUT2D eigenvalue weighted by Crippen LogP contribution is -2.27. The van der Waals surface area contributed by atoms with Gasteiger partial charge in [-0.15, -0.1) is 0 Å². The zero-order valence-electron chi connectivity index (χ0n) is 13.7. The van der Waals surface area contributed by atoms with Crippen molar-refractivity contribution in [3.05, 3.63) is 63.0 Å². The number of esters is 1. The molecule has 0 saturated carbocycles. The number of Topliss-reactive ketones (excluding diaryl/α,β-unsaturated/α-hetero) is 1. The first-order chi connectivity index (χ1) is 12.4. The van der Waals surface area contributed by atoms with Crippen LogP contribution in [-0.2, 0) is 14.3 Å². The lowest BCUT2D eigenvalue weighted by molar-refractivity contribution is -0.147. The van der Waals surface area contributed by atoms with Gasteiger partial charge in [0, 0.05) is 33.2 Å². The molecule has 1 atom stereocenters. The van der Waals surface area contributed by atoms with Crippen LogP contribution in [0.15, 0.2) is 57.5 Å². The summed E-state index contributed by atoms with van der Waals surface area (Å²) >= 11 is 6.65. The van der Waals surface area contributed by atoms with Gasteiger partial charge in [-0.2, -0.15) is 0 Å². The fourth-order valence-corrected chi connectivity index (χ4v) is 3.24. The summed E-state index contributed by atoms with van der Waals surface area (Å²) in [5.41, 5.74) is 1.21. The number of ketones is 1. The van der Waals surface area contributed by atoms with Crippen molar-refractivity contribution in [2.24, 2.45) is 5.92 Å². The molecule has 5 nitrogen and oxygen atoms in total. The predicted molar refractivity (Wildman–Crippen MR) is 104 cm³/mol. The molecule has 26 heavy (non-hydrogen) atoms. The van der Waals surface area contributed by atoms with Gasteiger partial charge in [-0.1, -0.05) is 44.0 Å². The fourth-order valence-electron chi connectivity index (χ4n) is 2.71. The van der Waals surface area contributed by atoms with Crippen LogP contribution in [0, 0.1) is 5.92 Å². The summed E-state index contributed by atoms with van der Waals surface area (Å²) in [6.07, 6.45) is 0.0847. The molecule has 1 amide bonds. The molecule has 1 aliphatic heterocycles. The van der Waals surface area contributed by atoms with E-state index < -0.39 is 11.9 Å². The molecule has 0 radical (unpaired) electrons. The lowest BCUT2D eigenvalue weighted by atomic mass is 10.1. The van der Waals surface area contributed by atoms with Gasteiger partial charge < -0.3 is 9.64 Å². The van der Waals surface area contributed by atoms with Crippen LogP contribution in [-0.4, -0.2) is 30.8 Å². The number of anilines is 1. The first-order valence-corrected chi connectivity index (χ1v) is 9.54. The molecule has 3 rings (SSSR count). The highest BCUT2D eigenvalue weighted by molar-refractivity contribution is 9.10. The fraction of sp³-hybridized carbons (Fsp3) is 0.211. The maximum atomic E-state index is 12.2. The highest BCUT2D eigenvalue weighted by atomic mass is 79.9. The second-order valence-electron chi connectivity index (χ2n) is 5.92. The Morgan fingerprint density at radius 1 is 1.00 bits per heavy atom. The number of carbonyl (C=O) groups is 3. The Morgan fingerprint density at radius 3 is 2.19 bits per heavy atom. The average molecular weight is 481 g/mol. The van der Waals surface area contributed by atoms with E-state index in [0.717, 1.165) is 14.6 Å². The van der Waals surface area contributed by atoms with Crippen LogP contribution < -0.4 is 4.90 Å². The average Bonchev–Trinajstić information content (AvgIpc) is 3.02. The third-order valence-electron chi connectivity index (χ3n) is 4.11. The summed E-state index contributed by atoms with van der Waals surface area (Å²) in [6.45, 7) is -0.0742. The van der Waals surface area contributed by atoms with Crippen molar-refractivity contribution >= 4 is 55.2 Å². The van der Waals surface area contributed by atoms with Gasteiger partial charge >= 0.3 is 5.97 Å². The first kappa shape index (κ1) is 18.8. The van der Waals surface area contributed by atoms with E-state index in [1.54, 1.807) is 29.2 Å². The second-order valence-corrected chi connectivity index (χ2v) is 7.75. The van der Waals surface area contributed by atoms with Gasteiger partial charge in [0.2, 0.25) is 5.91 Å². The van der Waals surface area contributed by atoms with Gasteiger partial charge in [0.15, 0.2) is 12.4 Å². The topological polar surface area (TPSA) is 63.7 Å². The summed E-state index contributed by atoms with van der Waals surface area (Å²) in [4.78, 5) is 38.1. The number of carbonyl (C=O) groups excluding carboxylic acids is 3. The van der Waals surface area contributed by atoms with Gasteiger partial charge in [0.1, 0.15) is 0 Å². The van der Waals surface area contributed by atoms with E-state index in [0.29, 0.717) is 5.56 Å². The molecule has 0 aromatic heterocycles. The molecule has 1 aliphatic rings. The van der Waals surface area contributed by atoms with E-state index in [4.69, 9.17) is 4.74 Å². The first-order valence-electron chi connectivity index (χ1n) is 7.95. The molecule has 134 valence electrons. The number of hydrogen-bond donors (Lipinski definition) is 0. The van der Waals surface area contributed by atoms with Crippen molar-refractivity contribution in [2.75, 3.05) is 18.1 Å². The van der Waals surface area contributed by atoms with Crippen molar-refractivity contribution in [2.45, 2.75) is 6.42 Å². The van der Waals surface area contributed by atoms with Crippen LogP contribution in [0.1, 0.15) is 16.8 Å². The molecule has 0 aliphatic carbocycles. The predicted octanol–water partition coefficient (Wildman–Crippen LogP) is 3.99. The Balaban J connectivity index is 1.57. The van der Waals surface area contributed by atoms with E-state index in [9.17, 15) is 14.4 Å². The number of rotatable bonds is 5. The molecule has 1 heterocycles. The number of benzene rings is 2. The van der Waals surface area contributed by atoms with Crippen molar-refractivity contribution in [1.29, 1.82) is 0 Å². The van der Waals surface area contributed by atoms with Crippen LogP contribution >= 0.6 is 31.9 Å². The smallest absolute Gasteiger partial charge is 0.311 e. The van der Waals surface area contributed by atoms with Crippen molar-refractivity contribution in [1.82, 2.24) is 0 Å². The standard InChI is InChI=1S/C19H15Br2NO4/c20-14-3-1-12(2-4-14)17(23)11-26-19(25)13-9-18(24)22(10-13)16-7-5-15(21)6-8-16/h1-8,13H,9-11H2/t13-/m1/s1. The normalized spacial score (nSPS) is 16.6. The molecular formula is C19H15Br2NO4. The number of amides is 1. The molecule has 2 aromatic carbocycles. The molecule has 2 aromatic rings. The Hall–Kier alpha value is -1.99. The van der Waals surface area contributed by atoms with Crippen LogP contribution in [0.2, 0.25) is 0 Å². The molecule has 0 spiro atoms. The molecule has 0 N–H and O–H groups in total. The largest absolute Gasteiger partial charge is 0.457 e. The van der Waals surface area contributed by atoms with E-state index in [1.807, 2.05) is 24.3 Å². The van der Waals surface area contributed by atoms with E-state index >= 15 is 0 Å². The molecule has 1 saturated heterocycles. The van der Waals surface area contributed by atoms with Crippen molar-refractivity contribution in [3.63, 3.8) is 0 Å². The summed E-state index contributed by atoms with van der Waals surface area (Å²) in [6, 6.07) is 14.1. The number of halogens is 2. The van der Waals surface area contributed by atoms with Gasteiger partial charge in [-0.05, 0) is 36.4 Å². The zero-order valence-corrected chi connectivity index (χ0v) is 16.8. The van der Waals surface area contributed by atoms with E-state index in [1.165, 1.54) is 0 Å². The van der Waals surface area contributed by atoms with Crippen LogP contribution in [0.4, 0.5) is 5.69 Å². The Bertz CT molecular complexity index is 834. The van der Waals surface area contributed by atoms with Crippen molar-refractivity contribution in [3.8, 4) is 0 Å². The third kappa shape index (κ3) is 4.40. The van der Waals surface area contributed by atoms with Crippen LogP contribution in [0.3, 0.4) is 0 Å². The molecular weight excluding hydrogens is 466 g/mol. The zero-order chi connectivity index (χ0) is 18.7. The number of ether oxygens (including phenoxy) is 1. The van der Waals surface area contributed by atoms with Crippen LogP contribution in [0.25, 0.3) is 0 Å². The third-order valence-corrected chi connectivity index (χ3v) is 5.17. The van der Waals surface area contributed by atoms with Crippen molar-refractivity contribution < 1.29 is 19.1 Å². The quantitative estimate of drug-likeness (QED) is 0.479. The minimum atomic E-state index is -0.566. The molecule has 0 bridgehead atoms. The van der Waals surface area contributed by atoms with Gasteiger partial charge in [-0.3, -0.25) is 14.4 Å². The van der Waals surface area contributed by atoms with E-state index in [2.05, 4.69) is 31.9 Å². The minimum absolute atomic E-state index is 0.0847. The summed E-state index contributed by atoms with van der Waals surface area (Å²) < 4.78 is 6.91. The minimum Gasteiger partial charge on any atom is -0.457 e. The molecule has 7 heteroatoms. The lowest BCUT2D eigenvalue weighted by Gasteiger charge is -2.16. The molecule has 1 fully saturated rings. The van der Waals surface area contributed by atoms with Crippen LogP contribution in [0.5, 0.6) is 0 Å². The highest BCUT2D eigenvalue weighted by Gasteiger charge is 2.36. The maximum absolute atomic E-state index is 12.2. The SMILES string of the molecule is O=C(COC(=O)[C@@H]1CC(=O)N(c2ccc(Br)cc2)C1)c1ccc(Br)cc1. The second kappa shape index (κ2) is 8.14. The Labute approximate surface area is 167 Å². The Kier molecular flexibility index (Phi) is 5.88. The van der Waals surface area contributed by atoms with Gasteiger partial charge in [0.05, 0.1) is 5.92 Å². The monoisotopic (exact) mass is 479 g/mol. The maximum Gasteiger partial charge on any atom is 0.311 e. The Morgan fingerprint density at radius 2 is 1.58 bits per heavy atom. The highest BCUT2D eigenvalue weighted by Crippen LogP contribution is 2.27. The summed E-state index contributed by atoms with van der Waals surface area (Å²) in [5, 5.41) is 0. The number of nitrogens with zero attached hydrogens (tertiary/aromatic N) is 1. The van der Waals surface area contributed by atoms with Gasteiger partial charge in [0.25, 0.3) is 0 Å². The molecule has 0 unspecified atom stereocenters. The number of hydrogen-bond acceptors (Lipinski definition) is 4. The summed E-state index contributed by atoms with van der Waals surface area (Å²) in [5.74, 6) is -1.50. The summed E-state index contributed by atoms with van der Waals surface area (Å²) in [7, 11) is 0.